The van der Waals surface area contributed by atoms with Crippen LogP contribution in [0.25, 0.3) is 6.08 Å². The van der Waals surface area contributed by atoms with Crippen LogP contribution in [0.2, 0.25) is 0 Å². The molecule has 0 unspecified atom stereocenters. The molecule has 2 aromatic carbocycles. The summed E-state index contributed by atoms with van der Waals surface area (Å²) in [4.78, 5) is 0.265. The molecule has 2 rings (SSSR count). The molecule has 3 nitrogen and oxygen atoms in total. The van der Waals surface area contributed by atoms with Crippen LogP contribution in [-0.2, 0) is 10.0 Å². The molecule has 20 heavy (non-hydrogen) atoms. The third-order valence-electron chi connectivity index (χ3n) is 2.54. The molecule has 0 radical (unpaired) electrons. The van der Waals surface area contributed by atoms with Crippen LogP contribution >= 0.6 is 45.2 Å². The van der Waals surface area contributed by atoms with E-state index in [1.54, 1.807) is 30.3 Å². The maximum Gasteiger partial charge on any atom is 0.261 e. The monoisotopic (exact) mass is 511 g/mol. The Morgan fingerprint density at radius 3 is 2.05 bits per heavy atom. The van der Waals surface area contributed by atoms with Gasteiger partial charge in [0.2, 0.25) is 0 Å². The highest BCUT2D eigenvalue weighted by atomic mass is 127. The van der Waals surface area contributed by atoms with Crippen molar-refractivity contribution in [3.05, 3.63) is 61.7 Å². The Morgan fingerprint density at radius 1 is 1.00 bits per heavy atom. The van der Waals surface area contributed by atoms with Gasteiger partial charge in [-0.1, -0.05) is 24.8 Å². The van der Waals surface area contributed by atoms with E-state index in [1.165, 1.54) is 0 Å². The first-order valence-corrected chi connectivity index (χ1v) is 9.26. The topological polar surface area (TPSA) is 46.2 Å². The van der Waals surface area contributed by atoms with Gasteiger partial charge in [0.05, 0.1) is 4.90 Å². The second-order valence-electron chi connectivity index (χ2n) is 4.04. The van der Waals surface area contributed by atoms with Gasteiger partial charge in [-0.05, 0) is 81.1 Å². The molecule has 0 atom stereocenters. The standard InChI is InChI=1S/C14H11I2NO2S/c1-2-10-3-5-13(6-4-10)17-20(18,19)14-8-11(15)7-12(16)9-14/h2-9,17H,1H2. The second-order valence-corrected chi connectivity index (χ2v) is 8.21. The first-order valence-electron chi connectivity index (χ1n) is 5.62. The molecule has 0 aliphatic heterocycles. The number of anilines is 1. The van der Waals surface area contributed by atoms with Crippen molar-refractivity contribution in [3.8, 4) is 0 Å². The number of rotatable bonds is 4. The smallest absolute Gasteiger partial charge is 0.261 e. The highest BCUT2D eigenvalue weighted by molar-refractivity contribution is 14.1. The van der Waals surface area contributed by atoms with Crippen molar-refractivity contribution in [1.82, 2.24) is 0 Å². The lowest BCUT2D eigenvalue weighted by molar-refractivity contribution is 0.601. The van der Waals surface area contributed by atoms with Gasteiger partial charge in [-0.25, -0.2) is 8.42 Å². The van der Waals surface area contributed by atoms with Crippen molar-refractivity contribution in [2.24, 2.45) is 0 Å². The number of benzene rings is 2. The molecule has 0 fully saturated rings. The zero-order valence-electron chi connectivity index (χ0n) is 10.3. The van der Waals surface area contributed by atoms with Crippen LogP contribution in [0.4, 0.5) is 5.69 Å². The molecule has 2 aromatic rings. The normalized spacial score (nSPS) is 11.1. The highest BCUT2D eigenvalue weighted by Gasteiger charge is 2.15. The minimum Gasteiger partial charge on any atom is -0.280 e. The van der Waals surface area contributed by atoms with Gasteiger partial charge < -0.3 is 0 Å². The van der Waals surface area contributed by atoms with E-state index in [0.717, 1.165) is 12.7 Å². The first-order chi connectivity index (χ1) is 9.40. The molecule has 0 saturated carbocycles. The van der Waals surface area contributed by atoms with Crippen LogP contribution in [-0.4, -0.2) is 8.42 Å². The summed E-state index contributed by atoms with van der Waals surface area (Å²) in [6, 6.07) is 12.2. The quantitative estimate of drug-likeness (QED) is 0.622. The lowest BCUT2D eigenvalue weighted by Gasteiger charge is -2.09. The number of hydrogen-bond donors (Lipinski definition) is 1. The number of nitrogens with one attached hydrogen (secondary N) is 1. The van der Waals surface area contributed by atoms with Crippen LogP contribution in [0.3, 0.4) is 0 Å². The maximum absolute atomic E-state index is 12.3. The third-order valence-corrected chi connectivity index (χ3v) is 5.15. The predicted octanol–water partition coefficient (Wildman–Crippen LogP) is 4.34. The highest BCUT2D eigenvalue weighted by Crippen LogP contribution is 2.21. The number of sulfonamides is 1. The molecule has 0 heterocycles. The Labute approximate surface area is 145 Å². The van der Waals surface area contributed by atoms with Gasteiger partial charge in [-0.2, -0.15) is 0 Å². The molecule has 6 heteroatoms. The van der Waals surface area contributed by atoms with Gasteiger partial charge in [-0.15, -0.1) is 0 Å². The molecule has 0 aliphatic carbocycles. The lowest BCUT2D eigenvalue weighted by Crippen LogP contribution is -2.13. The van der Waals surface area contributed by atoms with Gasteiger partial charge in [-0.3, -0.25) is 4.72 Å². The summed E-state index contributed by atoms with van der Waals surface area (Å²) >= 11 is 4.21. The molecule has 0 bridgehead atoms. The van der Waals surface area contributed by atoms with E-state index in [1.807, 2.05) is 18.2 Å². The van der Waals surface area contributed by atoms with E-state index < -0.39 is 10.0 Å². The van der Waals surface area contributed by atoms with Crippen molar-refractivity contribution < 1.29 is 8.42 Å². The van der Waals surface area contributed by atoms with Gasteiger partial charge in [0.25, 0.3) is 10.0 Å². The number of halogens is 2. The molecule has 0 spiro atoms. The SMILES string of the molecule is C=Cc1ccc(NS(=O)(=O)c2cc(I)cc(I)c2)cc1. The van der Waals surface area contributed by atoms with E-state index >= 15 is 0 Å². The van der Waals surface area contributed by atoms with Crippen LogP contribution in [0.5, 0.6) is 0 Å². The van der Waals surface area contributed by atoms with Crippen LogP contribution in [0.1, 0.15) is 5.56 Å². The lowest BCUT2D eigenvalue weighted by atomic mass is 10.2. The molecule has 0 saturated heterocycles. The molecule has 104 valence electrons. The first kappa shape index (κ1) is 15.8. The fourth-order valence-corrected chi connectivity index (χ4v) is 5.07. The van der Waals surface area contributed by atoms with Crippen LogP contribution in [0, 0.1) is 7.14 Å². The molecule has 0 aliphatic rings. The summed E-state index contributed by atoms with van der Waals surface area (Å²) in [6.07, 6.45) is 1.71. The Morgan fingerprint density at radius 2 is 1.55 bits per heavy atom. The third kappa shape index (κ3) is 3.95. The summed E-state index contributed by atoms with van der Waals surface area (Å²) in [6.45, 7) is 3.66. The average molecular weight is 511 g/mol. The fraction of sp³-hybridized carbons (Fsp3) is 0. The average Bonchev–Trinajstić information content (AvgIpc) is 2.38. The van der Waals surface area contributed by atoms with Crippen molar-refractivity contribution in [2.75, 3.05) is 4.72 Å². The van der Waals surface area contributed by atoms with Crippen molar-refractivity contribution in [1.29, 1.82) is 0 Å². The minimum atomic E-state index is -3.56. The summed E-state index contributed by atoms with van der Waals surface area (Å²) in [5.41, 5.74) is 1.47. The van der Waals surface area contributed by atoms with Gasteiger partial charge in [0, 0.05) is 12.8 Å². The molecular weight excluding hydrogens is 500 g/mol. The van der Waals surface area contributed by atoms with Crippen LogP contribution < -0.4 is 4.72 Å². The largest absolute Gasteiger partial charge is 0.280 e. The Kier molecular flexibility index (Phi) is 5.08. The Hall–Kier alpha value is -0.610. The zero-order valence-corrected chi connectivity index (χ0v) is 15.4. The van der Waals surface area contributed by atoms with Crippen LogP contribution in [0.15, 0.2) is 53.9 Å². The van der Waals surface area contributed by atoms with Gasteiger partial charge in [0.15, 0.2) is 0 Å². The van der Waals surface area contributed by atoms with Gasteiger partial charge in [0.1, 0.15) is 0 Å². The summed E-state index contributed by atoms with van der Waals surface area (Å²) < 4.78 is 29.0. The van der Waals surface area contributed by atoms with E-state index in [9.17, 15) is 8.42 Å². The van der Waals surface area contributed by atoms with Gasteiger partial charge >= 0.3 is 0 Å². The van der Waals surface area contributed by atoms with E-state index in [4.69, 9.17) is 0 Å². The van der Waals surface area contributed by atoms with Crippen molar-refractivity contribution >= 4 is 67.0 Å². The number of hydrogen-bond acceptors (Lipinski definition) is 2. The summed E-state index contributed by atoms with van der Waals surface area (Å²) in [5.74, 6) is 0. The molecule has 0 amide bonds. The summed E-state index contributed by atoms with van der Waals surface area (Å²) in [7, 11) is -3.56. The Balaban J connectivity index is 2.32. The fourth-order valence-electron chi connectivity index (χ4n) is 1.59. The second kappa shape index (κ2) is 6.44. The predicted molar refractivity (Wildman–Crippen MR) is 99.2 cm³/mol. The van der Waals surface area contributed by atoms with Crippen molar-refractivity contribution in [3.63, 3.8) is 0 Å². The van der Waals surface area contributed by atoms with E-state index in [2.05, 4.69) is 56.5 Å². The van der Waals surface area contributed by atoms with E-state index in [-0.39, 0.29) is 4.90 Å². The molecule has 0 aromatic heterocycles. The van der Waals surface area contributed by atoms with E-state index in [0.29, 0.717) is 5.69 Å². The maximum atomic E-state index is 12.3. The van der Waals surface area contributed by atoms with Crippen molar-refractivity contribution in [2.45, 2.75) is 4.90 Å². The molecule has 1 N–H and O–H groups in total. The minimum absolute atomic E-state index is 0.265. The zero-order chi connectivity index (χ0) is 14.8. The molecular formula is C14H11I2NO2S. The Bertz CT molecular complexity index is 720. The summed E-state index contributed by atoms with van der Waals surface area (Å²) in [5, 5.41) is 0.